The number of carboxylic acids is 1. The first-order valence-electron chi connectivity index (χ1n) is 20.3. The summed E-state index contributed by atoms with van der Waals surface area (Å²) >= 11 is 0. The van der Waals surface area contributed by atoms with E-state index in [4.69, 9.17) is 9.47 Å². The average molecular weight is 788 g/mol. The molecule has 0 bridgehead atoms. The number of nitrogens with zero attached hydrogens (tertiary/aromatic N) is 4. The number of likely N-dealkylation sites (N-methyl/N-ethyl adjacent to an activating group) is 2. The Kier molecular flexibility index (Phi) is 19.7. The molecule has 7 unspecified atom stereocenters. The topological polar surface area (TPSA) is 173 Å². The number of carbonyl (C=O) groups excluding carboxylic acids is 4. The zero-order valence-electron chi connectivity index (χ0n) is 35.0. The first-order valence-corrected chi connectivity index (χ1v) is 20.3. The number of nitrogens with one attached hydrogen (secondary N) is 3. The van der Waals surface area contributed by atoms with Gasteiger partial charge in [0.25, 0.3) is 0 Å². The van der Waals surface area contributed by atoms with Crippen molar-refractivity contribution in [2.75, 3.05) is 80.7 Å². The molecule has 2 heterocycles. The van der Waals surface area contributed by atoms with Crippen molar-refractivity contribution in [2.24, 2.45) is 11.8 Å². The third kappa shape index (κ3) is 13.5. The van der Waals surface area contributed by atoms with Crippen LogP contribution in [-0.2, 0) is 39.9 Å². The number of rotatable bonds is 23. The van der Waals surface area contributed by atoms with E-state index in [0.717, 1.165) is 51.3 Å². The summed E-state index contributed by atoms with van der Waals surface area (Å²) in [5, 5.41) is 18.8. The summed E-state index contributed by atoms with van der Waals surface area (Å²) in [6.07, 6.45) is 1.49. The third-order valence-corrected chi connectivity index (χ3v) is 11.4. The van der Waals surface area contributed by atoms with Crippen molar-refractivity contribution in [1.29, 1.82) is 0 Å². The Morgan fingerprint density at radius 1 is 0.982 bits per heavy atom. The molecule has 0 aromatic heterocycles. The summed E-state index contributed by atoms with van der Waals surface area (Å²) in [7, 11) is 6.67. The fourth-order valence-electron chi connectivity index (χ4n) is 8.19. The highest BCUT2D eigenvalue weighted by atomic mass is 16.5. The molecule has 2 aliphatic heterocycles. The normalized spacial score (nSPS) is 19.5. The van der Waals surface area contributed by atoms with Crippen LogP contribution in [-0.4, -0.2) is 171 Å². The van der Waals surface area contributed by atoms with Gasteiger partial charge in [0.2, 0.25) is 23.6 Å². The molecule has 0 radical (unpaired) electrons. The molecule has 0 saturated carbocycles. The number of piperazine rings is 1. The number of carbonyl (C=O) groups is 5. The number of benzene rings is 1. The Balaban J connectivity index is 1.62. The quantitative estimate of drug-likeness (QED) is 0.127. The summed E-state index contributed by atoms with van der Waals surface area (Å²) in [5.41, 5.74) is 0.787. The predicted molar refractivity (Wildman–Crippen MR) is 215 cm³/mol. The molecule has 3 rings (SSSR count). The third-order valence-electron chi connectivity index (χ3n) is 11.4. The van der Waals surface area contributed by atoms with Crippen LogP contribution >= 0.6 is 0 Å². The van der Waals surface area contributed by atoms with Gasteiger partial charge < -0.3 is 40.3 Å². The lowest BCUT2D eigenvalue weighted by Crippen LogP contribution is -2.55. The lowest BCUT2D eigenvalue weighted by Gasteiger charge is -2.37. The average Bonchev–Trinajstić information content (AvgIpc) is 3.67. The molecular weight excluding hydrogens is 718 g/mol. The van der Waals surface area contributed by atoms with Crippen LogP contribution in [0.3, 0.4) is 0 Å². The maximum absolute atomic E-state index is 14.0. The van der Waals surface area contributed by atoms with E-state index in [0.29, 0.717) is 25.8 Å². The maximum Gasteiger partial charge on any atom is 0.326 e. The summed E-state index contributed by atoms with van der Waals surface area (Å²) in [6.45, 7) is 13.5. The Morgan fingerprint density at radius 3 is 2.25 bits per heavy atom. The molecule has 2 fully saturated rings. The van der Waals surface area contributed by atoms with Gasteiger partial charge in [-0.05, 0) is 37.8 Å². The van der Waals surface area contributed by atoms with Gasteiger partial charge in [-0.25, -0.2) is 4.79 Å². The molecule has 7 atom stereocenters. The minimum absolute atomic E-state index is 0.00409. The lowest BCUT2D eigenvalue weighted by atomic mass is 9.93. The molecule has 4 N–H and O–H groups in total. The van der Waals surface area contributed by atoms with E-state index in [-0.39, 0.29) is 43.0 Å². The first-order chi connectivity index (χ1) is 26.7. The molecule has 1 aromatic rings. The molecule has 15 heteroatoms. The van der Waals surface area contributed by atoms with Crippen molar-refractivity contribution in [3.05, 3.63) is 35.9 Å². The Morgan fingerprint density at radius 2 is 1.66 bits per heavy atom. The van der Waals surface area contributed by atoms with Gasteiger partial charge in [0.15, 0.2) is 0 Å². The summed E-state index contributed by atoms with van der Waals surface area (Å²) in [4.78, 5) is 74.4. The van der Waals surface area contributed by atoms with E-state index in [9.17, 15) is 29.1 Å². The van der Waals surface area contributed by atoms with E-state index in [1.165, 1.54) is 14.2 Å². The Bertz CT molecular complexity index is 1390. The van der Waals surface area contributed by atoms with Gasteiger partial charge in [0.1, 0.15) is 6.04 Å². The van der Waals surface area contributed by atoms with Crippen molar-refractivity contribution in [2.45, 2.75) is 103 Å². The van der Waals surface area contributed by atoms with Gasteiger partial charge in [-0.15, -0.1) is 0 Å². The van der Waals surface area contributed by atoms with Crippen molar-refractivity contribution >= 4 is 29.6 Å². The fraction of sp³-hybridized carbons (Fsp3) is 0.732. The zero-order chi connectivity index (χ0) is 41.4. The van der Waals surface area contributed by atoms with E-state index >= 15 is 0 Å². The van der Waals surface area contributed by atoms with Crippen molar-refractivity contribution in [3.8, 4) is 0 Å². The highest BCUT2D eigenvalue weighted by Gasteiger charge is 2.42. The minimum Gasteiger partial charge on any atom is -0.480 e. The zero-order valence-corrected chi connectivity index (χ0v) is 35.0. The minimum atomic E-state index is -1.14. The molecule has 15 nitrogen and oxygen atoms in total. The number of hydrogen-bond acceptors (Lipinski definition) is 10. The predicted octanol–water partition coefficient (Wildman–Crippen LogP) is 1.45. The molecule has 0 aliphatic carbocycles. The number of likely N-dealkylation sites (tertiary alicyclic amines) is 1. The van der Waals surface area contributed by atoms with Gasteiger partial charge in [-0.1, -0.05) is 64.4 Å². The lowest BCUT2D eigenvalue weighted by molar-refractivity contribution is -0.146. The number of amides is 4. The second kappa shape index (κ2) is 23.6. The molecule has 1 aromatic carbocycles. The smallest absolute Gasteiger partial charge is 0.326 e. The van der Waals surface area contributed by atoms with Crippen LogP contribution in [0.2, 0.25) is 0 Å². The van der Waals surface area contributed by atoms with E-state index in [1.807, 2.05) is 58.2 Å². The van der Waals surface area contributed by atoms with Crippen LogP contribution in [0.25, 0.3) is 0 Å². The molecule has 2 aliphatic rings. The van der Waals surface area contributed by atoms with Gasteiger partial charge >= 0.3 is 5.97 Å². The second-order valence-electron chi connectivity index (χ2n) is 15.7. The van der Waals surface area contributed by atoms with E-state index in [1.54, 1.807) is 23.8 Å². The first kappa shape index (κ1) is 46.8. The van der Waals surface area contributed by atoms with Crippen molar-refractivity contribution < 1.29 is 38.6 Å². The van der Waals surface area contributed by atoms with Crippen LogP contribution in [0.4, 0.5) is 0 Å². The van der Waals surface area contributed by atoms with Gasteiger partial charge in [-0.3, -0.25) is 29.0 Å². The fourth-order valence-corrected chi connectivity index (χ4v) is 8.19. The number of methoxy groups -OCH3 is 2. The number of ether oxygens (including phenoxy) is 2. The number of carboxylic acid groups (broad SMARTS) is 1. The second-order valence-corrected chi connectivity index (χ2v) is 15.7. The van der Waals surface area contributed by atoms with Crippen molar-refractivity contribution in [1.82, 2.24) is 35.6 Å². The van der Waals surface area contributed by atoms with Crippen LogP contribution < -0.4 is 16.0 Å². The highest BCUT2D eigenvalue weighted by molar-refractivity contribution is 5.88. The molecule has 316 valence electrons. The number of aliphatic carboxylic acids is 1. The van der Waals surface area contributed by atoms with Crippen LogP contribution in [0.1, 0.15) is 65.4 Å². The van der Waals surface area contributed by atoms with Crippen LogP contribution in [0, 0.1) is 11.8 Å². The summed E-state index contributed by atoms with van der Waals surface area (Å²) < 4.78 is 11.7. The van der Waals surface area contributed by atoms with Crippen LogP contribution in [0.15, 0.2) is 30.3 Å². The molecule has 56 heavy (non-hydrogen) atoms. The van der Waals surface area contributed by atoms with Gasteiger partial charge in [0.05, 0.1) is 49.2 Å². The van der Waals surface area contributed by atoms with E-state index < -0.39 is 54.2 Å². The van der Waals surface area contributed by atoms with Gasteiger partial charge in [0, 0.05) is 73.5 Å². The van der Waals surface area contributed by atoms with Crippen LogP contribution in [0.5, 0.6) is 0 Å². The van der Waals surface area contributed by atoms with Gasteiger partial charge in [-0.2, -0.15) is 0 Å². The standard InChI is InChI=1S/C41H69N7O8/c1-9-14-32(46(6)36(50)27-43-40(52)37(28(2)3)45(5)23-24-47-21-18-42-19-22-47)34(55-7)26-35(49)48-20-13-17-33(48)38(56-8)29(4)39(51)44-31(41(53)54)25-30-15-11-10-12-16-30/h10-12,15-16,28-29,31-34,37-38,42H,9,13-14,17-27H2,1-8H3,(H,43,52)(H,44,51)(H,53,54). The largest absolute Gasteiger partial charge is 0.480 e. The Hall–Kier alpha value is -3.63. The number of hydrogen-bond donors (Lipinski definition) is 4. The molecule has 2 saturated heterocycles. The maximum atomic E-state index is 14.0. The SMILES string of the molecule is CCCC(C(CC(=O)N1CCCC1C(OC)C(C)C(=O)NC(Cc1ccccc1)C(=O)O)OC)N(C)C(=O)CNC(=O)C(C(C)C)N(C)CCN1CCNCC1. The summed E-state index contributed by atoms with van der Waals surface area (Å²) in [6, 6.07) is 6.75. The van der Waals surface area contributed by atoms with E-state index in [2.05, 4.69) is 25.8 Å². The molecule has 4 amide bonds. The highest BCUT2D eigenvalue weighted by Crippen LogP contribution is 2.28. The molecular formula is C41H69N7O8. The molecule has 0 spiro atoms. The summed E-state index contributed by atoms with van der Waals surface area (Å²) in [5.74, 6) is -2.96. The van der Waals surface area contributed by atoms with Crippen molar-refractivity contribution in [3.63, 3.8) is 0 Å². The monoisotopic (exact) mass is 788 g/mol. The Labute approximate surface area is 334 Å².